The molecule has 0 radical (unpaired) electrons. The van der Waals surface area contributed by atoms with E-state index in [1.165, 1.54) is 154 Å². The van der Waals surface area contributed by atoms with Crippen LogP contribution in [-0.4, -0.2) is 87.4 Å². The van der Waals surface area contributed by atoms with E-state index in [2.05, 4.69) is 148 Å². The Balaban J connectivity index is 4.15. The third kappa shape index (κ3) is 70.7. The zero-order chi connectivity index (χ0) is 64.7. The number of nitrogens with zero attached hydrogens (tertiary/aromatic N) is 1. The number of likely N-dealkylation sites (N-methyl/N-ethyl adjacent to an activating group) is 1. The van der Waals surface area contributed by atoms with Gasteiger partial charge in [0.15, 0.2) is 6.10 Å². The molecule has 0 amide bonds. The second kappa shape index (κ2) is 69.3. The number of unbranched alkanes of at least 4 members (excludes halogenated alkanes) is 29. The first kappa shape index (κ1) is 84.4. The second-order valence-corrected chi connectivity index (χ2v) is 25.2. The monoisotopic (exact) mass is 1240 g/mol. The Hall–Kier alpha value is -4.57. The van der Waals surface area contributed by atoms with Gasteiger partial charge in [-0.15, -0.1) is 0 Å². The van der Waals surface area contributed by atoms with Gasteiger partial charge in [-0.25, -0.2) is 4.79 Å². The number of quaternary nitrogens is 1. The van der Waals surface area contributed by atoms with E-state index in [0.29, 0.717) is 23.9 Å². The summed E-state index contributed by atoms with van der Waals surface area (Å²) >= 11 is 0. The molecule has 0 heterocycles. The van der Waals surface area contributed by atoms with Crippen molar-refractivity contribution in [2.24, 2.45) is 0 Å². The molecule has 0 rings (SSSR count). The minimum absolute atomic E-state index is 0.181. The SMILES string of the molecule is CC/C=C\C/C=C\C/C=C\C/C=C\C/C=C\C/C=C\C/C=C\C/C=C\C/C=C\CCCCCCCCCCCC(=O)OC(COC(=O)CCCCCCCCCCCCCCCCC/C=C\C/C=C\CCCCCCC)COC(OCC[N+](C)(C)C)C(=O)O. The zero-order valence-electron chi connectivity index (χ0n) is 58.0. The second-order valence-electron chi connectivity index (χ2n) is 25.2. The fraction of sp³-hybridized carbons (Fsp3) is 0.688. The number of ether oxygens (including phenoxy) is 4. The summed E-state index contributed by atoms with van der Waals surface area (Å²) in [4.78, 5) is 37.7. The molecule has 0 saturated carbocycles. The Kier molecular flexibility index (Phi) is 65.8. The normalized spacial score (nSPS) is 13.5. The lowest BCUT2D eigenvalue weighted by Gasteiger charge is -2.25. The maximum atomic E-state index is 13.0. The summed E-state index contributed by atoms with van der Waals surface area (Å²) in [5, 5.41) is 9.76. The lowest BCUT2D eigenvalue weighted by Crippen LogP contribution is -2.40. The standard InChI is InChI=1S/C80H135NO8/c1-6-8-10-12-14-16-18-20-22-24-26-28-30-32-34-35-36-37-38-39-40-41-42-43-45-47-49-51-53-55-57-59-61-63-65-67-69-71-78(83)89-76(75-88-80(79(84)85)86-73-72-81(3,4)5)74-87-77(82)70-68-66-64-62-60-58-56-54-52-50-48-46-44-33-31-29-27-25-23-21-19-17-15-13-11-9-7-2/h8,10,14,16,19-22,25-28,32,34,36-37,39-40,42-43,47,49,76,80H,6-7,9,11-13,15,17-18,23-24,29-31,33,35,38,41,44-46,48,50-75H2,1-5H3/p+1/b10-8-,16-14-,21-19-,22-20-,27-25-,28-26-,34-32-,37-36-,40-39-,43-42-,49-47-. The minimum Gasteiger partial charge on any atom is -0.477 e. The minimum atomic E-state index is -1.52. The lowest BCUT2D eigenvalue weighted by atomic mass is 10.0. The van der Waals surface area contributed by atoms with Gasteiger partial charge in [-0.1, -0.05) is 302 Å². The summed E-state index contributed by atoms with van der Waals surface area (Å²) in [5.74, 6) is -2.01. The summed E-state index contributed by atoms with van der Waals surface area (Å²) in [6, 6.07) is 0. The highest BCUT2D eigenvalue weighted by Gasteiger charge is 2.25. The first-order chi connectivity index (χ1) is 43.6. The lowest BCUT2D eigenvalue weighted by molar-refractivity contribution is -0.870. The van der Waals surface area contributed by atoms with Crippen molar-refractivity contribution in [3.8, 4) is 0 Å². The van der Waals surface area contributed by atoms with Gasteiger partial charge in [-0.05, 0) is 116 Å². The number of hydrogen-bond donors (Lipinski definition) is 1. The highest BCUT2D eigenvalue weighted by molar-refractivity contribution is 5.71. The Bertz CT molecular complexity index is 1930. The largest absolute Gasteiger partial charge is 0.477 e. The molecule has 0 spiro atoms. The number of rotatable bonds is 66. The molecular weight excluding hydrogens is 1100 g/mol. The Morgan fingerprint density at radius 3 is 0.955 bits per heavy atom. The molecule has 89 heavy (non-hydrogen) atoms. The maximum Gasteiger partial charge on any atom is 0.361 e. The summed E-state index contributed by atoms with van der Waals surface area (Å²) < 4.78 is 23.0. The quantitative estimate of drug-likeness (QED) is 0.0211. The molecule has 0 bridgehead atoms. The highest BCUT2D eigenvalue weighted by Crippen LogP contribution is 2.17. The molecule has 0 aliphatic rings. The van der Waals surface area contributed by atoms with Crippen molar-refractivity contribution in [3.63, 3.8) is 0 Å². The van der Waals surface area contributed by atoms with Gasteiger partial charge in [0.2, 0.25) is 0 Å². The number of carboxylic acid groups (broad SMARTS) is 1. The van der Waals surface area contributed by atoms with Crippen LogP contribution in [0.25, 0.3) is 0 Å². The van der Waals surface area contributed by atoms with Crippen molar-refractivity contribution in [1.29, 1.82) is 0 Å². The number of carbonyl (C=O) groups excluding carboxylic acids is 2. The molecule has 0 aromatic carbocycles. The van der Waals surface area contributed by atoms with Crippen LogP contribution in [0.5, 0.6) is 0 Å². The van der Waals surface area contributed by atoms with Gasteiger partial charge in [-0.2, -0.15) is 0 Å². The summed E-state index contributed by atoms with van der Waals surface area (Å²) in [6.45, 7) is 4.76. The third-order valence-electron chi connectivity index (χ3n) is 15.4. The van der Waals surface area contributed by atoms with Crippen LogP contribution in [0.3, 0.4) is 0 Å². The van der Waals surface area contributed by atoms with Gasteiger partial charge in [0.1, 0.15) is 13.2 Å². The number of allylic oxidation sites excluding steroid dienone is 22. The van der Waals surface area contributed by atoms with Crippen molar-refractivity contribution in [2.75, 3.05) is 47.5 Å². The molecule has 0 aliphatic heterocycles. The number of carbonyl (C=O) groups is 3. The maximum absolute atomic E-state index is 13.0. The van der Waals surface area contributed by atoms with Crippen LogP contribution < -0.4 is 0 Å². The fourth-order valence-corrected chi connectivity index (χ4v) is 9.86. The predicted octanol–water partition coefficient (Wildman–Crippen LogP) is 22.9. The smallest absolute Gasteiger partial charge is 0.361 e. The van der Waals surface area contributed by atoms with Crippen molar-refractivity contribution in [1.82, 2.24) is 0 Å². The van der Waals surface area contributed by atoms with Crippen LogP contribution in [0.2, 0.25) is 0 Å². The van der Waals surface area contributed by atoms with E-state index >= 15 is 0 Å². The summed E-state index contributed by atoms with van der Waals surface area (Å²) in [5.41, 5.74) is 0. The molecule has 0 aromatic rings. The van der Waals surface area contributed by atoms with Crippen LogP contribution in [0.15, 0.2) is 134 Å². The topological polar surface area (TPSA) is 108 Å². The number of aliphatic carboxylic acids is 1. The van der Waals surface area contributed by atoms with Gasteiger partial charge < -0.3 is 28.5 Å². The van der Waals surface area contributed by atoms with Crippen LogP contribution in [-0.2, 0) is 33.3 Å². The zero-order valence-corrected chi connectivity index (χ0v) is 58.0. The van der Waals surface area contributed by atoms with Crippen LogP contribution in [0, 0.1) is 0 Å². The first-order valence-electron chi connectivity index (χ1n) is 36.3. The molecule has 508 valence electrons. The van der Waals surface area contributed by atoms with Crippen LogP contribution in [0.1, 0.15) is 296 Å². The van der Waals surface area contributed by atoms with Gasteiger partial charge in [0, 0.05) is 12.8 Å². The van der Waals surface area contributed by atoms with E-state index in [1.54, 1.807) is 0 Å². The number of hydrogen-bond acceptors (Lipinski definition) is 7. The molecule has 0 aliphatic carbocycles. The molecular formula is C80H136NO8+. The van der Waals surface area contributed by atoms with Crippen molar-refractivity contribution in [2.45, 2.75) is 309 Å². The Labute approximate surface area is 548 Å². The van der Waals surface area contributed by atoms with E-state index in [1.807, 2.05) is 21.1 Å². The third-order valence-corrected chi connectivity index (χ3v) is 15.4. The van der Waals surface area contributed by atoms with Gasteiger partial charge >= 0.3 is 17.9 Å². The predicted molar refractivity (Wildman–Crippen MR) is 382 cm³/mol. The van der Waals surface area contributed by atoms with Gasteiger partial charge in [0.25, 0.3) is 6.29 Å². The van der Waals surface area contributed by atoms with E-state index in [0.717, 1.165) is 109 Å². The van der Waals surface area contributed by atoms with Crippen LogP contribution >= 0.6 is 0 Å². The average Bonchev–Trinajstić information content (AvgIpc) is 3.70. The fourth-order valence-electron chi connectivity index (χ4n) is 9.86. The number of carboxylic acids is 1. The summed E-state index contributed by atoms with van der Waals surface area (Å²) in [6.07, 6.45) is 97.0. The molecule has 2 atom stereocenters. The van der Waals surface area contributed by atoms with E-state index in [-0.39, 0.29) is 32.2 Å². The molecule has 1 N–H and O–H groups in total. The summed E-state index contributed by atoms with van der Waals surface area (Å²) in [7, 11) is 5.97. The molecule has 0 saturated heterocycles. The Morgan fingerprint density at radius 1 is 0.348 bits per heavy atom. The first-order valence-corrected chi connectivity index (χ1v) is 36.3. The average molecular weight is 1240 g/mol. The van der Waals surface area contributed by atoms with Crippen molar-refractivity contribution >= 4 is 17.9 Å². The number of esters is 2. The Morgan fingerprint density at radius 2 is 0.640 bits per heavy atom. The van der Waals surface area contributed by atoms with Crippen molar-refractivity contribution < 1.29 is 42.9 Å². The van der Waals surface area contributed by atoms with E-state index in [9.17, 15) is 19.5 Å². The van der Waals surface area contributed by atoms with Gasteiger partial charge in [-0.3, -0.25) is 9.59 Å². The highest BCUT2D eigenvalue weighted by atomic mass is 16.7. The van der Waals surface area contributed by atoms with E-state index < -0.39 is 24.3 Å². The molecule has 0 fully saturated rings. The molecule has 9 nitrogen and oxygen atoms in total. The van der Waals surface area contributed by atoms with E-state index in [4.69, 9.17) is 18.9 Å². The van der Waals surface area contributed by atoms with Crippen LogP contribution in [0.4, 0.5) is 0 Å². The van der Waals surface area contributed by atoms with Crippen molar-refractivity contribution in [3.05, 3.63) is 134 Å². The molecule has 9 heteroatoms. The molecule has 2 unspecified atom stereocenters. The molecule has 0 aromatic heterocycles. The van der Waals surface area contributed by atoms with Gasteiger partial charge in [0.05, 0.1) is 34.4 Å².